The lowest BCUT2D eigenvalue weighted by Crippen LogP contribution is -2.11. The summed E-state index contributed by atoms with van der Waals surface area (Å²) in [7, 11) is 0. The van der Waals surface area contributed by atoms with Crippen LogP contribution in [-0.2, 0) is 10.8 Å². The molecule has 25 heavy (non-hydrogen) atoms. The van der Waals surface area contributed by atoms with Gasteiger partial charge in [-0.15, -0.1) is 0 Å². The van der Waals surface area contributed by atoms with Gasteiger partial charge in [-0.3, -0.25) is 4.99 Å². The van der Waals surface area contributed by atoms with Crippen molar-refractivity contribution in [2.24, 2.45) is 4.99 Å². The fraction of sp³-hybridized carbons (Fsp3) is 0.435. The molecule has 0 unspecified atom stereocenters. The van der Waals surface area contributed by atoms with E-state index in [-0.39, 0.29) is 16.6 Å². The number of phenols is 1. The van der Waals surface area contributed by atoms with Crippen LogP contribution < -0.4 is 0 Å². The molecule has 0 saturated carbocycles. The van der Waals surface area contributed by atoms with Gasteiger partial charge in [0.25, 0.3) is 0 Å². The van der Waals surface area contributed by atoms with Crippen molar-refractivity contribution in [3.63, 3.8) is 0 Å². The smallest absolute Gasteiger partial charge is 0.124 e. The van der Waals surface area contributed by atoms with Gasteiger partial charge in [-0.05, 0) is 59.1 Å². The third kappa shape index (κ3) is 4.50. The van der Waals surface area contributed by atoms with Gasteiger partial charge < -0.3 is 5.11 Å². The number of aromatic hydroxyl groups is 1. The average molecular weight is 338 g/mol. The number of aryl methyl sites for hydroxylation is 2. The molecule has 134 valence electrons. The van der Waals surface area contributed by atoms with E-state index in [2.05, 4.69) is 67.5 Å². The lowest BCUT2D eigenvalue weighted by atomic mass is 9.85. The number of hydrogen-bond acceptors (Lipinski definition) is 2. The van der Waals surface area contributed by atoms with E-state index in [4.69, 9.17) is 4.99 Å². The highest BCUT2D eigenvalue weighted by atomic mass is 16.3. The molecule has 0 aliphatic heterocycles. The van der Waals surface area contributed by atoms with Gasteiger partial charge in [-0.2, -0.15) is 0 Å². The van der Waals surface area contributed by atoms with Crippen LogP contribution in [0.4, 0.5) is 5.69 Å². The topological polar surface area (TPSA) is 32.6 Å². The second-order valence-electron chi connectivity index (χ2n) is 8.99. The minimum absolute atomic E-state index is 0.0382. The maximum absolute atomic E-state index is 10.2. The Kier molecular flexibility index (Phi) is 5.13. The fourth-order valence-electron chi connectivity index (χ4n) is 2.85. The van der Waals surface area contributed by atoms with Crippen LogP contribution in [0, 0.1) is 13.8 Å². The molecular formula is C23H31NO. The highest BCUT2D eigenvalue weighted by Gasteiger charge is 2.17. The molecule has 2 aromatic rings. The number of hydrogen-bond donors (Lipinski definition) is 1. The Morgan fingerprint density at radius 3 is 1.80 bits per heavy atom. The van der Waals surface area contributed by atoms with Gasteiger partial charge in [0.05, 0.1) is 5.69 Å². The van der Waals surface area contributed by atoms with Crippen molar-refractivity contribution in [2.45, 2.75) is 66.2 Å². The third-order valence-corrected chi connectivity index (χ3v) is 4.58. The summed E-state index contributed by atoms with van der Waals surface area (Å²) in [6.45, 7) is 17.4. The lowest BCUT2D eigenvalue weighted by molar-refractivity contribution is 0.473. The quantitative estimate of drug-likeness (QED) is 0.636. The largest absolute Gasteiger partial charge is 0.507 e. The zero-order chi connectivity index (χ0) is 19.0. The van der Waals surface area contributed by atoms with E-state index in [1.807, 2.05) is 12.1 Å². The summed E-state index contributed by atoms with van der Waals surface area (Å²) < 4.78 is 0. The number of aliphatic imine (C=N–C) groups is 1. The first-order chi connectivity index (χ1) is 11.4. The van der Waals surface area contributed by atoms with Crippen molar-refractivity contribution in [3.05, 3.63) is 58.1 Å². The van der Waals surface area contributed by atoms with Crippen LogP contribution in [0.3, 0.4) is 0 Å². The molecule has 0 saturated heterocycles. The molecule has 2 heteroatoms. The molecule has 0 fully saturated rings. The summed E-state index contributed by atoms with van der Waals surface area (Å²) >= 11 is 0. The summed E-state index contributed by atoms with van der Waals surface area (Å²) in [5, 5.41) is 10.2. The maximum atomic E-state index is 10.2. The molecule has 2 rings (SSSR count). The second kappa shape index (κ2) is 6.67. The van der Waals surface area contributed by atoms with Crippen molar-refractivity contribution < 1.29 is 5.11 Å². The molecule has 0 heterocycles. The summed E-state index contributed by atoms with van der Waals surface area (Å²) in [4.78, 5) is 4.70. The second-order valence-corrected chi connectivity index (χ2v) is 8.99. The molecule has 0 amide bonds. The Labute approximate surface area is 152 Å². The van der Waals surface area contributed by atoms with E-state index in [0.717, 1.165) is 22.4 Å². The van der Waals surface area contributed by atoms with Crippen molar-refractivity contribution in [3.8, 4) is 5.75 Å². The minimum Gasteiger partial charge on any atom is -0.507 e. The highest BCUT2D eigenvalue weighted by Crippen LogP contribution is 2.32. The van der Waals surface area contributed by atoms with E-state index in [0.29, 0.717) is 0 Å². The molecule has 0 aromatic heterocycles. The van der Waals surface area contributed by atoms with Crippen LogP contribution in [-0.4, -0.2) is 11.3 Å². The molecular weight excluding hydrogens is 306 g/mol. The van der Waals surface area contributed by atoms with Crippen LogP contribution in [0.1, 0.15) is 69.4 Å². The third-order valence-electron chi connectivity index (χ3n) is 4.58. The Hall–Kier alpha value is -2.09. The van der Waals surface area contributed by atoms with E-state index < -0.39 is 0 Å². The average Bonchev–Trinajstić information content (AvgIpc) is 2.45. The van der Waals surface area contributed by atoms with Crippen molar-refractivity contribution in [1.29, 1.82) is 0 Å². The first-order valence-corrected chi connectivity index (χ1v) is 8.89. The maximum Gasteiger partial charge on any atom is 0.124 e. The number of phenolic OH excluding ortho intramolecular Hbond substituents is 1. The van der Waals surface area contributed by atoms with Gasteiger partial charge in [0.2, 0.25) is 0 Å². The van der Waals surface area contributed by atoms with Crippen LogP contribution in [0.25, 0.3) is 0 Å². The highest BCUT2D eigenvalue weighted by molar-refractivity contribution is 5.86. The number of rotatable bonds is 2. The Balaban J connectivity index is 2.44. The fourth-order valence-corrected chi connectivity index (χ4v) is 2.85. The number of nitrogens with zero attached hydrogens (tertiary/aromatic N) is 1. The van der Waals surface area contributed by atoms with E-state index in [9.17, 15) is 5.11 Å². The predicted octanol–water partition coefficient (Wildman–Crippen LogP) is 6.35. The van der Waals surface area contributed by atoms with Gasteiger partial charge in [0, 0.05) is 11.8 Å². The minimum atomic E-state index is 0.0382. The van der Waals surface area contributed by atoms with E-state index >= 15 is 0 Å². The zero-order valence-corrected chi connectivity index (χ0v) is 16.9. The Morgan fingerprint density at radius 1 is 0.800 bits per heavy atom. The summed E-state index contributed by atoms with van der Waals surface area (Å²) in [5.41, 5.74) is 6.72. The molecule has 0 atom stereocenters. The standard InChI is InChI=1S/C23H31NO/c1-15-11-19(23(6,7)8)12-16(2)21(15)24-14-17-13-18(22(3,4)5)9-10-20(17)25/h9-14,25H,1-8H3. The molecule has 0 aliphatic rings. The van der Waals surface area contributed by atoms with Crippen LogP contribution in [0.2, 0.25) is 0 Å². The van der Waals surface area contributed by atoms with Gasteiger partial charge in [0.15, 0.2) is 0 Å². The monoisotopic (exact) mass is 337 g/mol. The van der Waals surface area contributed by atoms with E-state index in [1.54, 1.807) is 12.3 Å². The molecule has 0 spiro atoms. The van der Waals surface area contributed by atoms with Crippen molar-refractivity contribution in [1.82, 2.24) is 0 Å². The van der Waals surface area contributed by atoms with Crippen molar-refractivity contribution >= 4 is 11.9 Å². The summed E-state index contributed by atoms with van der Waals surface area (Å²) in [6.07, 6.45) is 1.77. The molecule has 0 aliphatic carbocycles. The first kappa shape index (κ1) is 19.2. The Morgan fingerprint density at radius 2 is 1.32 bits per heavy atom. The van der Waals surface area contributed by atoms with Crippen LogP contribution in [0.15, 0.2) is 35.3 Å². The normalized spacial score (nSPS) is 12.8. The number of benzene rings is 2. The Bertz CT molecular complexity index is 779. The van der Waals surface area contributed by atoms with Gasteiger partial charge in [-0.25, -0.2) is 0 Å². The summed E-state index contributed by atoms with van der Waals surface area (Å²) in [6, 6.07) is 10.2. The first-order valence-electron chi connectivity index (χ1n) is 8.89. The zero-order valence-electron chi connectivity index (χ0n) is 16.9. The van der Waals surface area contributed by atoms with Gasteiger partial charge in [-0.1, -0.05) is 59.7 Å². The molecule has 0 bridgehead atoms. The SMILES string of the molecule is Cc1cc(C(C)(C)C)cc(C)c1N=Cc1cc(C(C)(C)C)ccc1O. The predicted molar refractivity (Wildman–Crippen MR) is 109 cm³/mol. The molecule has 1 N–H and O–H groups in total. The molecule has 2 nitrogen and oxygen atoms in total. The summed E-state index contributed by atoms with van der Waals surface area (Å²) in [5.74, 6) is 0.262. The van der Waals surface area contributed by atoms with Crippen LogP contribution >= 0.6 is 0 Å². The molecule has 0 radical (unpaired) electrons. The lowest BCUT2D eigenvalue weighted by Gasteiger charge is -2.21. The van der Waals surface area contributed by atoms with Crippen molar-refractivity contribution in [2.75, 3.05) is 0 Å². The van der Waals surface area contributed by atoms with Gasteiger partial charge >= 0.3 is 0 Å². The van der Waals surface area contributed by atoms with Gasteiger partial charge in [0.1, 0.15) is 5.75 Å². The van der Waals surface area contributed by atoms with Crippen LogP contribution in [0.5, 0.6) is 5.75 Å². The molecule has 2 aromatic carbocycles. The van der Waals surface area contributed by atoms with E-state index in [1.165, 1.54) is 11.1 Å².